The summed E-state index contributed by atoms with van der Waals surface area (Å²) >= 11 is 4.25. The summed E-state index contributed by atoms with van der Waals surface area (Å²) in [7, 11) is 0. The Bertz CT molecular complexity index is 135. The van der Waals surface area contributed by atoms with E-state index in [1.54, 1.807) is 0 Å². The first-order valence-corrected chi connectivity index (χ1v) is 8.99. The third-order valence-electron chi connectivity index (χ3n) is 2.56. The molecule has 0 aliphatic carbocycles. The molecular formula is C14H30S2. The monoisotopic (exact) mass is 262 g/mol. The van der Waals surface area contributed by atoms with Crippen molar-refractivity contribution in [2.45, 2.75) is 76.7 Å². The zero-order chi connectivity index (χ0) is 12.2. The van der Waals surface area contributed by atoms with Crippen molar-refractivity contribution >= 4 is 23.5 Å². The van der Waals surface area contributed by atoms with Crippen molar-refractivity contribution < 1.29 is 0 Å². The molecule has 0 radical (unpaired) electrons. The van der Waals surface area contributed by atoms with Crippen LogP contribution in [0.15, 0.2) is 0 Å². The van der Waals surface area contributed by atoms with E-state index in [2.05, 4.69) is 51.2 Å². The van der Waals surface area contributed by atoms with Crippen LogP contribution in [0.2, 0.25) is 0 Å². The van der Waals surface area contributed by atoms with E-state index in [0.29, 0.717) is 0 Å². The van der Waals surface area contributed by atoms with E-state index >= 15 is 0 Å². The molecule has 0 saturated carbocycles. The Morgan fingerprint density at radius 2 is 1.50 bits per heavy atom. The lowest BCUT2D eigenvalue weighted by molar-refractivity contribution is 0.632. The van der Waals surface area contributed by atoms with Gasteiger partial charge in [-0.1, -0.05) is 47.0 Å². The lowest BCUT2D eigenvalue weighted by atomic mass is 10.1. The van der Waals surface area contributed by atoms with Crippen LogP contribution in [0.5, 0.6) is 0 Å². The van der Waals surface area contributed by atoms with Crippen molar-refractivity contribution in [3.05, 3.63) is 0 Å². The highest BCUT2D eigenvalue weighted by atomic mass is 32.2. The molecule has 0 aromatic rings. The number of unbranched alkanes of at least 4 members (excludes halogenated alkanes) is 3. The second-order valence-electron chi connectivity index (χ2n) is 4.80. The Hall–Kier alpha value is 0.700. The van der Waals surface area contributed by atoms with Crippen LogP contribution < -0.4 is 0 Å². The summed E-state index contributed by atoms with van der Waals surface area (Å²) in [6.07, 6.45) is 8.47. The fourth-order valence-corrected chi connectivity index (χ4v) is 3.42. The first-order valence-electron chi connectivity index (χ1n) is 6.90. The molecular weight excluding hydrogens is 232 g/mol. The van der Waals surface area contributed by atoms with Gasteiger partial charge >= 0.3 is 0 Å². The second kappa shape index (κ2) is 12.2. The van der Waals surface area contributed by atoms with Crippen LogP contribution in [0, 0.1) is 0 Å². The topological polar surface area (TPSA) is 0 Å². The maximum Gasteiger partial charge on any atom is 0.00187 e. The van der Waals surface area contributed by atoms with Crippen molar-refractivity contribution in [1.29, 1.82) is 0 Å². The van der Waals surface area contributed by atoms with Crippen LogP contribution in [0.25, 0.3) is 0 Å². The van der Waals surface area contributed by atoms with E-state index in [-0.39, 0.29) is 0 Å². The van der Waals surface area contributed by atoms with E-state index < -0.39 is 0 Å². The SMILES string of the molecule is CCCSC(C)CCCCCCSC(C)C. The van der Waals surface area contributed by atoms with E-state index in [9.17, 15) is 0 Å². The minimum absolute atomic E-state index is 0.811. The van der Waals surface area contributed by atoms with Gasteiger partial charge in [-0.15, -0.1) is 0 Å². The third kappa shape index (κ3) is 12.8. The van der Waals surface area contributed by atoms with Gasteiger partial charge in [0.15, 0.2) is 0 Å². The van der Waals surface area contributed by atoms with Gasteiger partial charge in [0.25, 0.3) is 0 Å². The van der Waals surface area contributed by atoms with Gasteiger partial charge in [0, 0.05) is 5.25 Å². The Balaban J connectivity index is 3.08. The molecule has 0 N–H and O–H groups in total. The molecule has 0 heterocycles. The minimum Gasteiger partial charge on any atom is -0.159 e. The fraction of sp³-hybridized carbons (Fsp3) is 1.00. The number of rotatable bonds is 11. The quantitative estimate of drug-likeness (QED) is 0.444. The van der Waals surface area contributed by atoms with Crippen LogP contribution in [0.3, 0.4) is 0 Å². The molecule has 0 aromatic carbocycles. The molecule has 0 rings (SSSR count). The maximum atomic E-state index is 2.38. The minimum atomic E-state index is 0.811. The van der Waals surface area contributed by atoms with Crippen LogP contribution in [-0.4, -0.2) is 22.0 Å². The van der Waals surface area contributed by atoms with Crippen molar-refractivity contribution in [1.82, 2.24) is 0 Å². The molecule has 0 aliphatic rings. The van der Waals surface area contributed by atoms with Crippen molar-refractivity contribution in [2.24, 2.45) is 0 Å². The summed E-state index contributed by atoms with van der Waals surface area (Å²) < 4.78 is 0. The maximum absolute atomic E-state index is 2.38. The lowest BCUT2D eigenvalue weighted by Gasteiger charge is -2.10. The molecule has 1 unspecified atom stereocenters. The van der Waals surface area contributed by atoms with Gasteiger partial charge in [0.2, 0.25) is 0 Å². The van der Waals surface area contributed by atoms with Crippen molar-refractivity contribution in [3.8, 4) is 0 Å². The smallest absolute Gasteiger partial charge is 0.00187 e. The Labute approximate surface area is 112 Å². The highest BCUT2D eigenvalue weighted by Crippen LogP contribution is 2.19. The van der Waals surface area contributed by atoms with Gasteiger partial charge < -0.3 is 0 Å². The van der Waals surface area contributed by atoms with Crippen LogP contribution in [-0.2, 0) is 0 Å². The normalized spacial score (nSPS) is 13.3. The summed E-state index contributed by atoms with van der Waals surface area (Å²) in [6.45, 7) is 9.23. The molecule has 0 bridgehead atoms. The van der Waals surface area contributed by atoms with Gasteiger partial charge in [0.1, 0.15) is 0 Å². The van der Waals surface area contributed by atoms with Crippen molar-refractivity contribution in [2.75, 3.05) is 11.5 Å². The van der Waals surface area contributed by atoms with Crippen molar-refractivity contribution in [3.63, 3.8) is 0 Å². The first kappa shape index (κ1) is 16.7. The first-order chi connectivity index (χ1) is 7.66. The predicted octanol–water partition coefficient (Wildman–Crippen LogP) is 5.61. The van der Waals surface area contributed by atoms with E-state index in [0.717, 1.165) is 10.5 Å². The highest BCUT2D eigenvalue weighted by Gasteiger charge is 2.01. The number of hydrogen-bond donors (Lipinski definition) is 0. The molecule has 0 saturated heterocycles. The average molecular weight is 263 g/mol. The summed E-state index contributed by atoms with van der Waals surface area (Å²) in [5.41, 5.74) is 0. The molecule has 16 heavy (non-hydrogen) atoms. The second-order valence-corrected chi connectivity index (χ2v) is 8.03. The summed E-state index contributed by atoms with van der Waals surface area (Å²) in [6, 6.07) is 0. The van der Waals surface area contributed by atoms with Gasteiger partial charge in [-0.05, 0) is 36.0 Å². The molecule has 0 aliphatic heterocycles. The van der Waals surface area contributed by atoms with Gasteiger partial charge in [0.05, 0.1) is 0 Å². The Kier molecular flexibility index (Phi) is 12.7. The van der Waals surface area contributed by atoms with Gasteiger partial charge in [-0.25, -0.2) is 0 Å². The van der Waals surface area contributed by atoms with E-state index in [1.807, 2.05) is 0 Å². The largest absolute Gasteiger partial charge is 0.159 e. The van der Waals surface area contributed by atoms with Gasteiger partial charge in [-0.3, -0.25) is 0 Å². The summed E-state index contributed by atoms with van der Waals surface area (Å²) in [5.74, 6) is 2.70. The highest BCUT2D eigenvalue weighted by molar-refractivity contribution is 8.00. The lowest BCUT2D eigenvalue weighted by Crippen LogP contribution is -1.97. The standard InChI is InChI=1S/C14H30S2/c1-5-11-16-14(4)10-8-6-7-9-12-15-13(2)3/h13-14H,5-12H2,1-4H3. The number of thioether (sulfide) groups is 2. The molecule has 0 amide bonds. The molecule has 0 aromatic heterocycles. The summed E-state index contributed by atoms with van der Waals surface area (Å²) in [4.78, 5) is 0. The molecule has 0 fully saturated rings. The van der Waals surface area contributed by atoms with E-state index in [4.69, 9.17) is 0 Å². The van der Waals surface area contributed by atoms with Crippen LogP contribution in [0.1, 0.15) is 66.2 Å². The predicted molar refractivity (Wildman–Crippen MR) is 82.9 cm³/mol. The molecule has 0 nitrogen and oxygen atoms in total. The van der Waals surface area contributed by atoms with Gasteiger partial charge in [-0.2, -0.15) is 23.5 Å². The zero-order valence-corrected chi connectivity index (χ0v) is 13.3. The van der Waals surface area contributed by atoms with E-state index in [1.165, 1.54) is 50.0 Å². The third-order valence-corrected chi connectivity index (χ3v) is 5.20. The van der Waals surface area contributed by atoms with Crippen LogP contribution in [0.4, 0.5) is 0 Å². The molecule has 98 valence electrons. The number of hydrogen-bond acceptors (Lipinski definition) is 2. The Morgan fingerprint density at radius 1 is 0.812 bits per heavy atom. The fourth-order valence-electron chi connectivity index (χ4n) is 1.61. The molecule has 0 spiro atoms. The summed E-state index contributed by atoms with van der Waals surface area (Å²) in [5, 5.41) is 1.69. The molecule has 2 heteroatoms. The molecule has 1 atom stereocenters. The zero-order valence-electron chi connectivity index (χ0n) is 11.6. The average Bonchev–Trinajstić information content (AvgIpc) is 2.24. The van der Waals surface area contributed by atoms with Crippen LogP contribution >= 0.6 is 23.5 Å². The Morgan fingerprint density at radius 3 is 2.12 bits per heavy atom.